The summed E-state index contributed by atoms with van der Waals surface area (Å²) in [7, 11) is 0. The van der Waals surface area contributed by atoms with Crippen molar-refractivity contribution in [3.63, 3.8) is 0 Å². The summed E-state index contributed by atoms with van der Waals surface area (Å²) in [5, 5.41) is 10.5. The minimum atomic E-state index is -0.0908. The topological polar surface area (TPSA) is 59.8 Å². The number of rotatable bonds is 3. The van der Waals surface area contributed by atoms with E-state index in [0.29, 0.717) is 4.88 Å². The number of nitrogens with zero attached hydrogens (tertiary/aromatic N) is 3. The van der Waals surface area contributed by atoms with Crippen LogP contribution in [0.25, 0.3) is 15.3 Å². The van der Waals surface area contributed by atoms with Gasteiger partial charge in [0, 0.05) is 5.56 Å². The zero-order chi connectivity index (χ0) is 16.8. The molecule has 0 bridgehead atoms. The standard InChI is InChI=1S/C18H14N4OS2/c23-17(15-9-4-10-24-15)20-16-11-5-3-7-12(11)21-22(16)18-19-13-6-1-2-8-14(13)25-18/h1-2,4,6,8-10H,3,5,7H2,(H,20,23). The molecule has 0 aliphatic heterocycles. The second-order valence-electron chi connectivity index (χ2n) is 5.93. The van der Waals surface area contributed by atoms with Gasteiger partial charge in [-0.2, -0.15) is 9.78 Å². The van der Waals surface area contributed by atoms with Crippen molar-refractivity contribution in [3.8, 4) is 5.13 Å². The lowest BCUT2D eigenvalue weighted by Crippen LogP contribution is -2.15. The zero-order valence-electron chi connectivity index (χ0n) is 13.2. The Balaban J connectivity index is 1.61. The fourth-order valence-corrected chi connectivity index (χ4v) is 4.73. The van der Waals surface area contributed by atoms with Crippen LogP contribution in [0.1, 0.15) is 27.3 Å². The van der Waals surface area contributed by atoms with Crippen molar-refractivity contribution in [2.45, 2.75) is 19.3 Å². The van der Waals surface area contributed by atoms with E-state index in [1.165, 1.54) is 11.3 Å². The van der Waals surface area contributed by atoms with Gasteiger partial charge in [-0.15, -0.1) is 11.3 Å². The van der Waals surface area contributed by atoms with Gasteiger partial charge in [-0.05, 0) is 42.8 Å². The number of aromatic nitrogens is 3. The highest BCUT2D eigenvalue weighted by atomic mass is 32.1. The first kappa shape index (κ1) is 14.8. The van der Waals surface area contributed by atoms with E-state index in [1.54, 1.807) is 16.0 Å². The van der Waals surface area contributed by atoms with E-state index in [0.717, 1.165) is 51.7 Å². The van der Waals surface area contributed by atoms with E-state index in [9.17, 15) is 4.79 Å². The molecule has 5 rings (SSSR count). The molecule has 124 valence electrons. The van der Waals surface area contributed by atoms with Crippen LogP contribution in [0.4, 0.5) is 5.82 Å². The molecule has 0 fully saturated rings. The second kappa shape index (κ2) is 5.79. The molecule has 1 N–H and O–H groups in total. The SMILES string of the molecule is O=C(Nc1c2c(nn1-c1nc3ccccc3s1)CCC2)c1cccs1. The van der Waals surface area contributed by atoms with Crippen molar-refractivity contribution in [2.75, 3.05) is 5.32 Å². The molecule has 5 nitrogen and oxygen atoms in total. The average molecular weight is 366 g/mol. The predicted octanol–water partition coefficient (Wildman–Crippen LogP) is 4.28. The Bertz CT molecular complexity index is 1050. The molecular formula is C18H14N4OS2. The number of benzene rings is 1. The zero-order valence-corrected chi connectivity index (χ0v) is 14.9. The molecule has 7 heteroatoms. The van der Waals surface area contributed by atoms with Gasteiger partial charge >= 0.3 is 0 Å². The van der Waals surface area contributed by atoms with Crippen LogP contribution in [-0.2, 0) is 12.8 Å². The molecule has 0 spiro atoms. The van der Waals surface area contributed by atoms with Crippen LogP contribution in [0.15, 0.2) is 41.8 Å². The van der Waals surface area contributed by atoms with E-state index >= 15 is 0 Å². The molecule has 0 radical (unpaired) electrons. The van der Waals surface area contributed by atoms with Gasteiger partial charge < -0.3 is 5.32 Å². The van der Waals surface area contributed by atoms with Crippen LogP contribution in [0.2, 0.25) is 0 Å². The predicted molar refractivity (Wildman–Crippen MR) is 101 cm³/mol. The molecule has 0 atom stereocenters. The number of para-hydroxylation sites is 1. The van der Waals surface area contributed by atoms with Crippen molar-refractivity contribution in [1.82, 2.24) is 14.8 Å². The molecule has 1 aliphatic carbocycles. The largest absolute Gasteiger partial charge is 0.305 e. The minimum absolute atomic E-state index is 0.0908. The highest BCUT2D eigenvalue weighted by Crippen LogP contribution is 2.34. The average Bonchev–Trinajstić information content (AvgIpc) is 3.39. The first-order valence-corrected chi connectivity index (χ1v) is 9.81. The number of carbonyl (C=O) groups excluding carboxylic acids is 1. The van der Waals surface area contributed by atoms with Crippen molar-refractivity contribution in [2.24, 2.45) is 0 Å². The number of amides is 1. The number of carbonyl (C=O) groups is 1. The van der Waals surface area contributed by atoms with Crippen molar-refractivity contribution in [3.05, 3.63) is 57.9 Å². The Labute approximate surface area is 152 Å². The number of hydrogen-bond donors (Lipinski definition) is 1. The lowest BCUT2D eigenvalue weighted by atomic mass is 10.2. The Morgan fingerprint density at radius 3 is 2.92 bits per heavy atom. The molecule has 1 aromatic carbocycles. The molecule has 1 amide bonds. The van der Waals surface area contributed by atoms with E-state index in [4.69, 9.17) is 10.1 Å². The second-order valence-corrected chi connectivity index (χ2v) is 7.89. The van der Waals surface area contributed by atoms with Crippen LogP contribution in [0.3, 0.4) is 0 Å². The van der Waals surface area contributed by atoms with E-state index in [-0.39, 0.29) is 5.91 Å². The van der Waals surface area contributed by atoms with Gasteiger partial charge in [0.15, 0.2) is 0 Å². The Hall–Kier alpha value is -2.51. The van der Waals surface area contributed by atoms with Gasteiger partial charge in [0.25, 0.3) is 5.91 Å². The summed E-state index contributed by atoms with van der Waals surface area (Å²) in [5.41, 5.74) is 3.17. The summed E-state index contributed by atoms with van der Waals surface area (Å²) < 4.78 is 2.92. The maximum absolute atomic E-state index is 12.6. The van der Waals surface area contributed by atoms with Crippen LogP contribution in [0.5, 0.6) is 0 Å². The summed E-state index contributed by atoms with van der Waals surface area (Å²) in [6, 6.07) is 11.8. The molecular weight excluding hydrogens is 352 g/mol. The highest BCUT2D eigenvalue weighted by molar-refractivity contribution is 7.20. The van der Waals surface area contributed by atoms with Gasteiger partial charge in [-0.25, -0.2) is 4.98 Å². The van der Waals surface area contributed by atoms with Crippen LogP contribution in [-0.4, -0.2) is 20.7 Å². The Kier molecular flexibility index (Phi) is 3.43. The van der Waals surface area contributed by atoms with Crippen molar-refractivity contribution < 1.29 is 4.79 Å². The summed E-state index contributed by atoms with van der Waals surface area (Å²) >= 11 is 3.02. The molecule has 3 aromatic heterocycles. The Morgan fingerprint density at radius 2 is 2.08 bits per heavy atom. The normalized spacial score (nSPS) is 13.3. The summed E-state index contributed by atoms with van der Waals surface area (Å²) in [6.07, 6.45) is 2.98. The number of fused-ring (bicyclic) bond motifs is 2. The van der Waals surface area contributed by atoms with E-state index in [1.807, 2.05) is 35.7 Å². The quantitative estimate of drug-likeness (QED) is 0.588. The van der Waals surface area contributed by atoms with Gasteiger partial charge in [-0.1, -0.05) is 29.5 Å². The van der Waals surface area contributed by atoms with Gasteiger partial charge in [0.1, 0.15) is 5.82 Å². The molecule has 4 aromatic rings. The van der Waals surface area contributed by atoms with Crippen LogP contribution < -0.4 is 5.32 Å². The fraction of sp³-hybridized carbons (Fsp3) is 0.167. The lowest BCUT2D eigenvalue weighted by Gasteiger charge is -2.08. The fourth-order valence-electron chi connectivity index (χ4n) is 3.19. The van der Waals surface area contributed by atoms with Gasteiger partial charge in [0.2, 0.25) is 5.13 Å². The number of nitrogens with one attached hydrogen (secondary N) is 1. The monoisotopic (exact) mass is 366 g/mol. The van der Waals surface area contributed by atoms with Crippen LogP contribution >= 0.6 is 22.7 Å². The maximum Gasteiger partial charge on any atom is 0.266 e. The van der Waals surface area contributed by atoms with E-state index in [2.05, 4.69) is 11.4 Å². The smallest absolute Gasteiger partial charge is 0.266 e. The first-order chi connectivity index (χ1) is 12.3. The number of thiazole rings is 1. The molecule has 0 saturated heterocycles. The lowest BCUT2D eigenvalue weighted by molar-refractivity contribution is 0.102. The van der Waals surface area contributed by atoms with Gasteiger partial charge in [-0.3, -0.25) is 4.79 Å². The number of aryl methyl sites for hydroxylation is 1. The molecule has 25 heavy (non-hydrogen) atoms. The van der Waals surface area contributed by atoms with Crippen molar-refractivity contribution in [1.29, 1.82) is 0 Å². The van der Waals surface area contributed by atoms with Crippen molar-refractivity contribution >= 4 is 44.6 Å². The third-order valence-corrected chi connectivity index (χ3v) is 6.23. The number of anilines is 1. The number of hydrogen-bond acceptors (Lipinski definition) is 5. The number of thiophene rings is 1. The van der Waals surface area contributed by atoms with Crippen LogP contribution in [0, 0.1) is 0 Å². The third kappa shape index (κ3) is 2.47. The minimum Gasteiger partial charge on any atom is -0.305 e. The summed E-state index contributed by atoms with van der Waals surface area (Å²) in [6.45, 7) is 0. The Morgan fingerprint density at radius 1 is 1.16 bits per heavy atom. The molecule has 0 unspecified atom stereocenters. The highest BCUT2D eigenvalue weighted by Gasteiger charge is 2.26. The third-order valence-electron chi connectivity index (χ3n) is 4.35. The van der Waals surface area contributed by atoms with E-state index < -0.39 is 0 Å². The molecule has 3 heterocycles. The molecule has 1 aliphatic rings. The maximum atomic E-state index is 12.6. The summed E-state index contributed by atoms with van der Waals surface area (Å²) in [5.74, 6) is 0.678. The van der Waals surface area contributed by atoms with Gasteiger partial charge in [0.05, 0.1) is 20.8 Å². The first-order valence-electron chi connectivity index (χ1n) is 8.11. The molecule has 0 saturated carbocycles. The summed E-state index contributed by atoms with van der Waals surface area (Å²) in [4.78, 5) is 18.0.